The first-order chi connectivity index (χ1) is 8.20. The van der Waals surface area contributed by atoms with E-state index in [1.54, 1.807) is 30.5 Å². The van der Waals surface area contributed by atoms with E-state index in [2.05, 4.69) is 15.5 Å². The van der Waals surface area contributed by atoms with Crippen molar-refractivity contribution < 1.29 is 4.79 Å². The fourth-order valence-corrected chi connectivity index (χ4v) is 1.55. The Hall–Kier alpha value is -2.30. The Morgan fingerprint density at radius 1 is 1.53 bits per heavy atom. The van der Waals surface area contributed by atoms with Crippen LogP contribution in [0.2, 0.25) is 0 Å². The zero-order chi connectivity index (χ0) is 12.3. The second-order valence-corrected chi connectivity index (χ2v) is 3.70. The van der Waals surface area contributed by atoms with Crippen LogP contribution in [0.15, 0.2) is 30.5 Å². The molecule has 0 aliphatic carbocycles. The van der Waals surface area contributed by atoms with Crippen LogP contribution in [-0.4, -0.2) is 16.1 Å². The summed E-state index contributed by atoms with van der Waals surface area (Å²) in [5.41, 5.74) is 7.70. The zero-order valence-electron chi connectivity index (χ0n) is 9.53. The molecule has 1 aromatic carbocycles. The fraction of sp³-hybridized carbons (Fsp3) is 0.167. The fourth-order valence-electron chi connectivity index (χ4n) is 1.55. The number of hydrogen-bond acceptors (Lipinski definition) is 3. The van der Waals surface area contributed by atoms with E-state index in [0.29, 0.717) is 17.1 Å². The van der Waals surface area contributed by atoms with Gasteiger partial charge in [-0.15, -0.1) is 0 Å². The number of nitrogen functional groups attached to an aromatic ring is 1. The molecule has 0 aliphatic heterocycles. The lowest BCUT2D eigenvalue weighted by Crippen LogP contribution is -2.13. The molecule has 0 bridgehead atoms. The van der Waals surface area contributed by atoms with E-state index >= 15 is 0 Å². The number of benzene rings is 1. The van der Waals surface area contributed by atoms with Crippen molar-refractivity contribution >= 4 is 17.4 Å². The first kappa shape index (κ1) is 11.2. The third-order valence-corrected chi connectivity index (χ3v) is 2.49. The summed E-state index contributed by atoms with van der Waals surface area (Å²) in [4.78, 5) is 11.9. The average molecular weight is 230 g/mol. The van der Waals surface area contributed by atoms with Crippen LogP contribution in [0.1, 0.15) is 22.8 Å². The maximum absolute atomic E-state index is 11.9. The summed E-state index contributed by atoms with van der Waals surface area (Å²) >= 11 is 0. The molecule has 88 valence electrons. The summed E-state index contributed by atoms with van der Waals surface area (Å²) in [7, 11) is 0. The highest BCUT2D eigenvalue weighted by Crippen LogP contribution is 2.14. The third-order valence-electron chi connectivity index (χ3n) is 2.49. The number of anilines is 2. The van der Waals surface area contributed by atoms with E-state index in [0.717, 1.165) is 12.0 Å². The number of H-pyrrole nitrogens is 1. The molecule has 0 spiro atoms. The Labute approximate surface area is 99.0 Å². The van der Waals surface area contributed by atoms with Gasteiger partial charge in [-0.25, -0.2) is 0 Å². The number of carbonyl (C=O) groups is 1. The number of amides is 1. The van der Waals surface area contributed by atoms with E-state index < -0.39 is 0 Å². The summed E-state index contributed by atoms with van der Waals surface area (Å²) in [5, 5.41) is 9.42. The van der Waals surface area contributed by atoms with Crippen molar-refractivity contribution in [3.8, 4) is 0 Å². The Bertz CT molecular complexity index is 533. The number of nitrogens with one attached hydrogen (secondary N) is 2. The highest BCUT2D eigenvalue weighted by Gasteiger charge is 2.09. The molecule has 0 saturated heterocycles. The SMILES string of the molecule is CCc1cn[nH]c1NC(=O)c1cccc(N)c1. The molecule has 5 heteroatoms. The molecule has 2 rings (SSSR count). The molecule has 0 fully saturated rings. The average Bonchev–Trinajstić information content (AvgIpc) is 2.76. The molecule has 1 heterocycles. The van der Waals surface area contributed by atoms with Crippen LogP contribution >= 0.6 is 0 Å². The first-order valence-corrected chi connectivity index (χ1v) is 5.40. The summed E-state index contributed by atoms with van der Waals surface area (Å²) < 4.78 is 0. The molecule has 2 aromatic rings. The largest absolute Gasteiger partial charge is 0.399 e. The summed E-state index contributed by atoms with van der Waals surface area (Å²) in [6.07, 6.45) is 2.51. The molecular weight excluding hydrogens is 216 g/mol. The first-order valence-electron chi connectivity index (χ1n) is 5.40. The van der Waals surface area contributed by atoms with Crippen molar-refractivity contribution in [3.05, 3.63) is 41.6 Å². The van der Waals surface area contributed by atoms with Gasteiger partial charge in [0.15, 0.2) is 0 Å². The van der Waals surface area contributed by atoms with Crippen LogP contribution in [-0.2, 0) is 6.42 Å². The molecule has 0 saturated carbocycles. The molecule has 17 heavy (non-hydrogen) atoms. The lowest BCUT2D eigenvalue weighted by atomic mass is 10.2. The number of nitrogens with zero attached hydrogens (tertiary/aromatic N) is 1. The van der Waals surface area contributed by atoms with Crippen molar-refractivity contribution in [2.24, 2.45) is 0 Å². The highest BCUT2D eigenvalue weighted by atomic mass is 16.1. The Morgan fingerprint density at radius 2 is 2.35 bits per heavy atom. The molecular formula is C12H14N4O. The highest BCUT2D eigenvalue weighted by molar-refractivity contribution is 6.04. The van der Waals surface area contributed by atoms with E-state index in [4.69, 9.17) is 5.73 Å². The summed E-state index contributed by atoms with van der Waals surface area (Å²) in [5.74, 6) is 0.441. The van der Waals surface area contributed by atoms with E-state index in [1.807, 2.05) is 6.92 Å². The molecule has 4 N–H and O–H groups in total. The topological polar surface area (TPSA) is 83.8 Å². The molecule has 1 amide bonds. The second kappa shape index (κ2) is 4.69. The van der Waals surface area contributed by atoms with Gasteiger partial charge in [-0.1, -0.05) is 13.0 Å². The van der Waals surface area contributed by atoms with Crippen LogP contribution < -0.4 is 11.1 Å². The monoisotopic (exact) mass is 230 g/mol. The number of carbonyl (C=O) groups excluding carboxylic acids is 1. The second-order valence-electron chi connectivity index (χ2n) is 3.70. The third kappa shape index (κ3) is 2.44. The molecule has 0 unspecified atom stereocenters. The van der Waals surface area contributed by atoms with Gasteiger partial charge in [0.1, 0.15) is 5.82 Å². The quantitative estimate of drug-likeness (QED) is 0.703. The number of nitrogens with two attached hydrogens (primary N) is 1. The number of aromatic amines is 1. The van der Waals surface area contributed by atoms with Gasteiger partial charge in [-0.3, -0.25) is 9.89 Å². The van der Waals surface area contributed by atoms with Gasteiger partial charge in [0.2, 0.25) is 0 Å². The smallest absolute Gasteiger partial charge is 0.256 e. The lowest BCUT2D eigenvalue weighted by Gasteiger charge is -2.05. The molecule has 5 nitrogen and oxygen atoms in total. The Morgan fingerprint density at radius 3 is 3.06 bits per heavy atom. The van der Waals surface area contributed by atoms with E-state index in [9.17, 15) is 4.79 Å². The van der Waals surface area contributed by atoms with Crippen LogP contribution in [0.3, 0.4) is 0 Å². The van der Waals surface area contributed by atoms with E-state index in [-0.39, 0.29) is 5.91 Å². The van der Waals surface area contributed by atoms with Crippen molar-refractivity contribution in [2.75, 3.05) is 11.1 Å². The summed E-state index contributed by atoms with van der Waals surface area (Å²) in [6, 6.07) is 6.84. The van der Waals surface area contributed by atoms with Gasteiger partial charge >= 0.3 is 0 Å². The zero-order valence-corrected chi connectivity index (χ0v) is 9.53. The molecule has 1 aromatic heterocycles. The molecule has 0 aliphatic rings. The van der Waals surface area contributed by atoms with Gasteiger partial charge in [-0.05, 0) is 24.6 Å². The predicted molar refractivity (Wildman–Crippen MR) is 66.8 cm³/mol. The number of rotatable bonds is 3. The predicted octanol–water partition coefficient (Wildman–Crippen LogP) is 1.81. The minimum absolute atomic E-state index is 0.198. The van der Waals surface area contributed by atoms with Gasteiger partial charge in [-0.2, -0.15) is 5.10 Å². The van der Waals surface area contributed by atoms with Gasteiger partial charge in [0.05, 0.1) is 6.20 Å². The van der Waals surface area contributed by atoms with Crippen LogP contribution in [0.5, 0.6) is 0 Å². The van der Waals surface area contributed by atoms with Gasteiger partial charge in [0, 0.05) is 16.8 Å². The number of aromatic nitrogens is 2. The van der Waals surface area contributed by atoms with Gasteiger partial charge in [0.25, 0.3) is 5.91 Å². The maximum atomic E-state index is 11.9. The number of aryl methyl sites for hydroxylation is 1. The Kier molecular flexibility index (Phi) is 3.09. The normalized spacial score (nSPS) is 10.2. The molecule has 0 radical (unpaired) electrons. The van der Waals surface area contributed by atoms with E-state index in [1.165, 1.54) is 0 Å². The maximum Gasteiger partial charge on any atom is 0.256 e. The van der Waals surface area contributed by atoms with Crippen LogP contribution in [0.25, 0.3) is 0 Å². The minimum atomic E-state index is -0.198. The number of hydrogen-bond donors (Lipinski definition) is 3. The van der Waals surface area contributed by atoms with Crippen LogP contribution in [0, 0.1) is 0 Å². The Balaban J connectivity index is 2.17. The van der Waals surface area contributed by atoms with Crippen molar-refractivity contribution in [3.63, 3.8) is 0 Å². The van der Waals surface area contributed by atoms with Crippen molar-refractivity contribution in [1.82, 2.24) is 10.2 Å². The van der Waals surface area contributed by atoms with Crippen molar-refractivity contribution in [1.29, 1.82) is 0 Å². The minimum Gasteiger partial charge on any atom is -0.399 e. The van der Waals surface area contributed by atoms with Crippen LogP contribution in [0.4, 0.5) is 11.5 Å². The molecule has 0 atom stereocenters. The van der Waals surface area contributed by atoms with Crippen molar-refractivity contribution in [2.45, 2.75) is 13.3 Å². The lowest BCUT2D eigenvalue weighted by molar-refractivity contribution is 0.102. The standard InChI is InChI=1S/C12H14N4O/c1-2-8-7-14-16-11(8)15-12(17)9-4-3-5-10(13)6-9/h3-7H,2,13H2,1H3,(H2,14,15,16,17). The summed E-state index contributed by atoms with van der Waals surface area (Å²) in [6.45, 7) is 2.00. The van der Waals surface area contributed by atoms with Gasteiger partial charge < -0.3 is 11.1 Å².